The molecule has 1 N–H and O–H groups in total. The van der Waals surface area contributed by atoms with E-state index in [-0.39, 0.29) is 28.1 Å². The van der Waals surface area contributed by atoms with Crippen molar-refractivity contribution >= 4 is 39.1 Å². The molecule has 10 heteroatoms. The number of amides is 2. The van der Waals surface area contributed by atoms with Gasteiger partial charge in [-0.15, -0.1) is 0 Å². The Morgan fingerprint density at radius 1 is 0.974 bits per heavy atom. The number of halogens is 1. The smallest absolute Gasteiger partial charge is 0.264 e. The summed E-state index contributed by atoms with van der Waals surface area (Å²) in [5, 5.41) is 2.98. The summed E-state index contributed by atoms with van der Waals surface area (Å²) in [5.41, 5.74) is 1.01. The van der Waals surface area contributed by atoms with Crippen LogP contribution >= 0.6 is 11.6 Å². The van der Waals surface area contributed by atoms with Crippen LogP contribution in [0, 0.1) is 0 Å². The van der Waals surface area contributed by atoms with E-state index in [0.717, 1.165) is 9.87 Å². The first-order valence-electron chi connectivity index (χ1n) is 12.2. The molecule has 0 saturated heterocycles. The topological polar surface area (TPSA) is 96.0 Å². The van der Waals surface area contributed by atoms with Crippen molar-refractivity contribution in [1.82, 2.24) is 10.2 Å². The van der Waals surface area contributed by atoms with E-state index in [4.69, 9.17) is 16.3 Å². The van der Waals surface area contributed by atoms with Gasteiger partial charge in [-0.05, 0) is 49.2 Å². The summed E-state index contributed by atoms with van der Waals surface area (Å²) in [6.07, 6.45) is 0.351. The third-order valence-electron chi connectivity index (χ3n) is 5.97. The summed E-state index contributed by atoms with van der Waals surface area (Å²) >= 11 is 6.33. The zero-order chi connectivity index (χ0) is 27.7. The Kier molecular flexibility index (Phi) is 10.2. The Morgan fingerprint density at radius 2 is 1.61 bits per heavy atom. The van der Waals surface area contributed by atoms with Crippen molar-refractivity contribution in [3.05, 3.63) is 89.4 Å². The second-order valence-electron chi connectivity index (χ2n) is 8.47. The molecule has 202 valence electrons. The molecule has 0 aromatic heterocycles. The number of carbonyl (C=O) groups excluding carboxylic acids is 2. The van der Waals surface area contributed by atoms with Crippen LogP contribution in [-0.4, -0.2) is 51.4 Å². The van der Waals surface area contributed by atoms with Gasteiger partial charge in [-0.2, -0.15) is 0 Å². The van der Waals surface area contributed by atoms with Crippen molar-refractivity contribution in [2.45, 2.75) is 37.8 Å². The number of methoxy groups -OCH3 is 1. The first-order chi connectivity index (χ1) is 18.2. The van der Waals surface area contributed by atoms with Gasteiger partial charge in [-0.3, -0.25) is 13.9 Å². The average molecular weight is 558 g/mol. The summed E-state index contributed by atoms with van der Waals surface area (Å²) < 4.78 is 33.8. The first-order valence-corrected chi connectivity index (χ1v) is 14.1. The van der Waals surface area contributed by atoms with Crippen LogP contribution < -0.4 is 14.4 Å². The van der Waals surface area contributed by atoms with E-state index < -0.39 is 28.5 Å². The summed E-state index contributed by atoms with van der Waals surface area (Å²) in [6, 6.07) is 20.8. The van der Waals surface area contributed by atoms with E-state index in [1.807, 2.05) is 37.3 Å². The summed E-state index contributed by atoms with van der Waals surface area (Å²) in [6.45, 7) is 3.62. The SMILES string of the molecule is CCNC(=O)C(CC)N(Cc1ccccc1)C(=O)CN(c1ccc(OC)c(Cl)c1)S(=O)(=O)c1ccccc1. The number of nitrogens with zero attached hydrogens (tertiary/aromatic N) is 2. The zero-order valence-electron chi connectivity index (χ0n) is 21.6. The first kappa shape index (κ1) is 29.0. The van der Waals surface area contributed by atoms with E-state index >= 15 is 0 Å². The molecule has 0 aliphatic rings. The van der Waals surface area contributed by atoms with Gasteiger partial charge in [0.25, 0.3) is 10.0 Å². The van der Waals surface area contributed by atoms with Gasteiger partial charge in [0.1, 0.15) is 18.3 Å². The summed E-state index contributed by atoms with van der Waals surface area (Å²) in [4.78, 5) is 28.3. The zero-order valence-corrected chi connectivity index (χ0v) is 23.2. The Balaban J connectivity index is 2.07. The Hall–Kier alpha value is -3.56. The van der Waals surface area contributed by atoms with Crippen LogP contribution in [0.5, 0.6) is 5.75 Å². The fourth-order valence-corrected chi connectivity index (χ4v) is 5.73. The van der Waals surface area contributed by atoms with E-state index in [0.29, 0.717) is 18.7 Å². The fraction of sp³-hybridized carbons (Fsp3) is 0.286. The van der Waals surface area contributed by atoms with Gasteiger partial charge in [0, 0.05) is 13.1 Å². The highest BCUT2D eigenvalue weighted by atomic mass is 35.5. The molecule has 1 unspecified atom stereocenters. The molecule has 0 aliphatic carbocycles. The second kappa shape index (κ2) is 13.3. The highest BCUT2D eigenvalue weighted by Crippen LogP contribution is 2.32. The molecule has 3 aromatic rings. The number of hydrogen-bond acceptors (Lipinski definition) is 5. The lowest BCUT2D eigenvalue weighted by Crippen LogP contribution is -2.52. The number of carbonyl (C=O) groups is 2. The maximum Gasteiger partial charge on any atom is 0.264 e. The molecule has 3 rings (SSSR count). The molecular weight excluding hydrogens is 526 g/mol. The molecule has 0 spiro atoms. The number of sulfonamides is 1. The molecule has 0 saturated carbocycles. The highest BCUT2D eigenvalue weighted by Gasteiger charge is 2.33. The van der Waals surface area contributed by atoms with Crippen molar-refractivity contribution in [2.24, 2.45) is 0 Å². The lowest BCUT2D eigenvalue weighted by Gasteiger charge is -2.33. The maximum atomic E-state index is 13.9. The predicted molar refractivity (Wildman–Crippen MR) is 149 cm³/mol. The Bertz CT molecular complexity index is 1340. The second-order valence-corrected chi connectivity index (χ2v) is 10.7. The van der Waals surface area contributed by atoms with Crippen molar-refractivity contribution < 1.29 is 22.7 Å². The van der Waals surface area contributed by atoms with E-state index in [9.17, 15) is 18.0 Å². The fourth-order valence-electron chi connectivity index (χ4n) is 4.05. The van der Waals surface area contributed by atoms with Gasteiger partial charge in [0.2, 0.25) is 11.8 Å². The number of benzene rings is 3. The monoisotopic (exact) mass is 557 g/mol. The van der Waals surface area contributed by atoms with Crippen molar-refractivity contribution in [3.8, 4) is 5.75 Å². The number of rotatable bonds is 12. The van der Waals surface area contributed by atoms with Gasteiger partial charge in [-0.1, -0.05) is 67.1 Å². The Labute approximate surface area is 229 Å². The van der Waals surface area contributed by atoms with E-state index in [2.05, 4.69) is 5.32 Å². The molecule has 3 aromatic carbocycles. The minimum Gasteiger partial charge on any atom is -0.495 e. The molecule has 0 bridgehead atoms. The van der Waals surface area contributed by atoms with Crippen LogP contribution in [0.2, 0.25) is 5.02 Å². The predicted octanol–water partition coefficient (Wildman–Crippen LogP) is 4.49. The van der Waals surface area contributed by atoms with Crippen molar-refractivity contribution in [1.29, 1.82) is 0 Å². The third kappa shape index (κ3) is 6.85. The molecule has 0 fully saturated rings. The lowest BCUT2D eigenvalue weighted by molar-refractivity contribution is -0.140. The number of hydrogen-bond donors (Lipinski definition) is 1. The van der Waals surface area contributed by atoms with E-state index in [1.165, 1.54) is 36.3 Å². The average Bonchev–Trinajstić information content (AvgIpc) is 2.92. The Morgan fingerprint density at radius 3 is 2.16 bits per heavy atom. The van der Waals surface area contributed by atoms with Gasteiger partial charge < -0.3 is 15.0 Å². The normalized spacial score (nSPS) is 11.9. The van der Waals surface area contributed by atoms with Gasteiger partial charge in [0.05, 0.1) is 22.7 Å². The third-order valence-corrected chi connectivity index (χ3v) is 8.05. The molecule has 0 heterocycles. The molecule has 8 nitrogen and oxygen atoms in total. The van der Waals surface area contributed by atoms with Crippen LogP contribution in [0.15, 0.2) is 83.8 Å². The quantitative estimate of drug-likeness (QED) is 0.354. The van der Waals surface area contributed by atoms with Crippen LogP contribution in [0.25, 0.3) is 0 Å². The van der Waals surface area contributed by atoms with Gasteiger partial charge in [-0.25, -0.2) is 8.42 Å². The maximum absolute atomic E-state index is 13.9. The molecule has 0 aliphatic heterocycles. The molecule has 1 atom stereocenters. The highest BCUT2D eigenvalue weighted by molar-refractivity contribution is 7.92. The molecule has 0 radical (unpaired) electrons. The number of ether oxygens (including phenoxy) is 1. The van der Waals surface area contributed by atoms with Gasteiger partial charge >= 0.3 is 0 Å². The minimum atomic E-state index is -4.17. The number of nitrogens with one attached hydrogen (secondary N) is 1. The van der Waals surface area contributed by atoms with Crippen LogP contribution in [0.4, 0.5) is 5.69 Å². The minimum absolute atomic E-state index is 0.0186. The number of anilines is 1. The largest absolute Gasteiger partial charge is 0.495 e. The van der Waals surface area contributed by atoms with Crippen molar-refractivity contribution in [3.63, 3.8) is 0 Å². The molecular formula is C28H32ClN3O5S. The van der Waals surface area contributed by atoms with E-state index in [1.54, 1.807) is 31.2 Å². The van der Waals surface area contributed by atoms with Crippen LogP contribution in [0.3, 0.4) is 0 Å². The lowest BCUT2D eigenvalue weighted by atomic mass is 10.1. The summed E-state index contributed by atoms with van der Waals surface area (Å²) in [5.74, 6) is -0.463. The number of likely N-dealkylation sites (N-methyl/N-ethyl adjacent to an activating group) is 1. The standard InChI is InChI=1S/C28H32ClN3O5S/c1-4-25(28(34)30-5-2)31(19-21-12-8-6-9-13-21)27(33)20-32(22-16-17-26(37-3)24(29)18-22)38(35,36)23-14-10-7-11-15-23/h6-18,25H,4-5,19-20H2,1-3H3,(H,30,34). The van der Waals surface area contributed by atoms with Crippen molar-refractivity contribution in [2.75, 3.05) is 24.5 Å². The van der Waals surface area contributed by atoms with Crippen LogP contribution in [0.1, 0.15) is 25.8 Å². The summed E-state index contributed by atoms with van der Waals surface area (Å²) in [7, 11) is -2.71. The molecule has 38 heavy (non-hydrogen) atoms. The molecule has 2 amide bonds. The van der Waals surface area contributed by atoms with Crippen LogP contribution in [-0.2, 0) is 26.2 Å². The van der Waals surface area contributed by atoms with Gasteiger partial charge in [0.15, 0.2) is 0 Å².